The molecular weight excluding hydrogens is 255 g/mol. The summed E-state index contributed by atoms with van der Waals surface area (Å²) in [6, 6.07) is 7.42. The van der Waals surface area contributed by atoms with Gasteiger partial charge in [-0.3, -0.25) is 4.99 Å². The van der Waals surface area contributed by atoms with E-state index in [9.17, 15) is 0 Å². The molecule has 0 bridgehead atoms. The normalized spacial score (nSPS) is 12.4. The Labute approximate surface area is 112 Å². The van der Waals surface area contributed by atoms with Gasteiger partial charge in [0, 0.05) is 0 Å². The molecule has 0 radical (unpaired) electrons. The molecule has 0 amide bonds. The molecule has 1 aromatic rings. The highest BCUT2D eigenvalue weighted by Gasteiger charge is 2.12. The van der Waals surface area contributed by atoms with Crippen molar-refractivity contribution in [3.05, 3.63) is 40.9 Å². The van der Waals surface area contributed by atoms with E-state index in [2.05, 4.69) is 16.9 Å². The zero-order valence-corrected chi connectivity index (χ0v) is 11.7. The van der Waals surface area contributed by atoms with Gasteiger partial charge in [0.05, 0.1) is 21.3 Å². The summed E-state index contributed by atoms with van der Waals surface area (Å²) in [7, 11) is 0. The van der Waals surface area contributed by atoms with E-state index in [0.29, 0.717) is 15.9 Å². The van der Waals surface area contributed by atoms with E-state index in [1.54, 1.807) is 6.07 Å². The molecule has 0 unspecified atom stereocenters. The Morgan fingerprint density at radius 3 is 2.35 bits per heavy atom. The van der Waals surface area contributed by atoms with Crippen LogP contribution in [0.5, 0.6) is 0 Å². The molecule has 0 aliphatic rings. The number of hydrogen-bond donors (Lipinski definition) is 1. The molecule has 0 heterocycles. The van der Waals surface area contributed by atoms with Crippen molar-refractivity contribution < 1.29 is 0 Å². The van der Waals surface area contributed by atoms with Crippen molar-refractivity contribution in [2.75, 3.05) is 5.32 Å². The molecule has 0 aromatic heterocycles. The zero-order valence-electron chi connectivity index (χ0n) is 10.2. The maximum Gasteiger partial charge on any atom is 0.144 e. The standard InChI is InChI=1S/C13H16Cl2N2/c1-9(14)12(17-13(2,3)4)16-11-8-6-5-7-10(11)15/h5-8H,1H2,2-4H3,(H,16,17). The molecule has 4 heteroatoms. The predicted molar refractivity (Wildman–Crippen MR) is 77.3 cm³/mol. The highest BCUT2D eigenvalue weighted by molar-refractivity contribution is 6.45. The molecule has 0 atom stereocenters. The number of hydrogen-bond acceptors (Lipinski definition) is 1. The highest BCUT2D eigenvalue weighted by atomic mass is 35.5. The third-order valence-electron chi connectivity index (χ3n) is 1.83. The molecule has 1 aromatic carbocycles. The SMILES string of the molecule is C=C(Cl)C(=NC(C)(C)C)Nc1ccccc1Cl. The zero-order chi connectivity index (χ0) is 13.1. The van der Waals surface area contributed by atoms with E-state index in [1.165, 1.54) is 0 Å². The average molecular weight is 271 g/mol. The van der Waals surface area contributed by atoms with E-state index >= 15 is 0 Å². The van der Waals surface area contributed by atoms with Crippen molar-refractivity contribution in [3.63, 3.8) is 0 Å². The minimum absolute atomic E-state index is 0.235. The van der Waals surface area contributed by atoms with Crippen LogP contribution < -0.4 is 5.32 Å². The minimum atomic E-state index is -0.235. The number of amidine groups is 1. The van der Waals surface area contributed by atoms with E-state index in [4.69, 9.17) is 23.2 Å². The molecule has 2 nitrogen and oxygen atoms in total. The van der Waals surface area contributed by atoms with Crippen LogP contribution in [-0.2, 0) is 0 Å². The van der Waals surface area contributed by atoms with Gasteiger partial charge >= 0.3 is 0 Å². The highest BCUT2D eigenvalue weighted by Crippen LogP contribution is 2.22. The second kappa shape index (κ2) is 5.56. The van der Waals surface area contributed by atoms with Crippen molar-refractivity contribution in [1.29, 1.82) is 0 Å². The van der Waals surface area contributed by atoms with E-state index in [1.807, 2.05) is 39.0 Å². The summed E-state index contributed by atoms with van der Waals surface area (Å²) < 4.78 is 0. The first-order valence-corrected chi connectivity index (χ1v) is 6.01. The lowest BCUT2D eigenvalue weighted by atomic mass is 10.1. The summed E-state index contributed by atoms with van der Waals surface area (Å²) in [5.41, 5.74) is 0.528. The Morgan fingerprint density at radius 2 is 1.88 bits per heavy atom. The smallest absolute Gasteiger partial charge is 0.144 e. The molecular formula is C13H16Cl2N2. The molecule has 1 rings (SSSR count). The van der Waals surface area contributed by atoms with Gasteiger partial charge in [-0.05, 0) is 32.9 Å². The topological polar surface area (TPSA) is 24.4 Å². The molecule has 0 aliphatic carbocycles. The van der Waals surface area contributed by atoms with Crippen molar-refractivity contribution in [1.82, 2.24) is 0 Å². The number of nitrogens with zero attached hydrogens (tertiary/aromatic N) is 1. The van der Waals surface area contributed by atoms with Crippen molar-refractivity contribution in [2.24, 2.45) is 4.99 Å². The third-order valence-corrected chi connectivity index (χ3v) is 2.34. The maximum atomic E-state index is 6.05. The van der Waals surface area contributed by atoms with Gasteiger partial charge < -0.3 is 5.32 Å². The summed E-state index contributed by atoms with van der Waals surface area (Å²) in [6.45, 7) is 9.66. The Morgan fingerprint density at radius 1 is 1.29 bits per heavy atom. The first-order valence-electron chi connectivity index (χ1n) is 5.26. The number of nitrogens with one attached hydrogen (secondary N) is 1. The Balaban J connectivity index is 3.01. The summed E-state index contributed by atoms with van der Waals surface area (Å²) in [4.78, 5) is 4.46. The van der Waals surface area contributed by atoms with Crippen LogP contribution in [0.3, 0.4) is 0 Å². The van der Waals surface area contributed by atoms with Crippen molar-refractivity contribution in [2.45, 2.75) is 26.3 Å². The van der Waals surface area contributed by atoms with Crippen LogP contribution in [0.15, 0.2) is 40.9 Å². The number of aliphatic imine (C=N–C) groups is 1. The second-order valence-electron chi connectivity index (χ2n) is 4.64. The van der Waals surface area contributed by atoms with E-state index < -0.39 is 0 Å². The number of halogens is 2. The van der Waals surface area contributed by atoms with Gasteiger partial charge in [0.1, 0.15) is 5.84 Å². The first-order chi connectivity index (χ1) is 7.79. The molecule has 0 saturated carbocycles. The molecule has 0 spiro atoms. The van der Waals surface area contributed by atoms with Gasteiger partial charge in [-0.25, -0.2) is 0 Å². The van der Waals surface area contributed by atoms with Gasteiger partial charge in [0.25, 0.3) is 0 Å². The summed E-state index contributed by atoms with van der Waals surface area (Å²) in [5.74, 6) is 0.535. The monoisotopic (exact) mass is 270 g/mol. The van der Waals surface area contributed by atoms with Gasteiger partial charge in [-0.15, -0.1) is 0 Å². The van der Waals surface area contributed by atoms with Crippen LogP contribution in [0.4, 0.5) is 5.69 Å². The van der Waals surface area contributed by atoms with Crippen LogP contribution in [0.2, 0.25) is 5.02 Å². The predicted octanol–water partition coefficient (Wildman–Crippen LogP) is 4.70. The first kappa shape index (κ1) is 14.1. The Kier molecular flexibility index (Phi) is 4.61. The molecule has 0 fully saturated rings. The van der Waals surface area contributed by atoms with Crippen LogP contribution in [0.1, 0.15) is 20.8 Å². The van der Waals surface area contributed by atoms with Gasteiger partial charge in [-0.2, -0.15) is 0 Å². The number of anilines is 1. The fourth-order valence-electron chi connectivity index (χ4n) is 1.18. The fourth-order valence-corrected chi connectivity index (χ4v) is 1.45. The number of benzene rings is 1. The van der Waals surface area contributed by atoms with E-state index in [-0.39, 0.29) is 5.54 Å². The molecule has 0 saturated heterocycles. The van der Waals surface area contributed by atoms with Gasteiger partial charge in [-0.1, -0.05) is 41.9 Å². The molecule has 92 valence electrons. The summed E-state index contributed by atoms with van der Waals surface area (Å²) in [5, 5.41) is 4.07. The van der Waals surface area contributed by atoms with Crippen LogP contribution in [0, 0.1) is 0 Å². The average Bonchev–Trinajstić information content (AvgIpc) is 2.18. The van der Waals surface area contributed by atoms with Crippen LogP contribution in [-0.4, -0.2) is 11.4 Å². The number of rotatable bonds is 2. The van der Waals surface area contributed by atoms with Gasteiger partial charge in [0.2, 0.25) is 0 Å². The van der Waals surface area contributed by atoms with Crippen LogP contribution in [0.25, 0.3) is 0 Å². The lowest BCUT2D eigenvalue weighted by molar-refractivity contribution is 0.584. The van der Waals surface area contributed by atoms with E-state index in [0.717, 1.165) is 5.69 Å². The van der Waals surface area contributed by atoms with Crippen molar-refractivity contribution >= 4 is 34.7 Å². The maximum absolute atomic E-state index is 6.05. The Bertz CT molecular complexity index is 445. The Hall–Kier alpha value is -0.990. The van der Waals surface area contributed by atoms with Crippen molar-refractivity contribution in [3.8, 4) is 0 Å². The molecule has 1 N–H and O–H groups in total. The lowest BCUT2D eigenvalue weighted by Gasteiger charge is -2.17. The number of para-hydroxylation sites is 1. The van der Waals surface area contributed by atoms with Crippen LogP contribution >= 0.6 is 23.2 Å². The minimum Gasteiger partial charge on any atom is -0.338 e. The lowest BCUT2D eigenvalue weighted by Crippen LogP contribution is -2.20. The quantitative estimate of drug-likeness (QED) is 0.611. The largest absolute Gasteiger partial charge is 0.338 e. The molecule has 0 aliphatic heterocycles. The second-order valence-corrected chi connectivity index (χ2v) is 5.50. The van der Waals surface area contributed by atoms with Gasteiger partial charge in [0.15, 0.2) is 0 Å². The summed E-state index contributed by atoms with van der Waals surface area (Å²) in [6.07, 6.45) is 0. The molecule has 17 heavy (non-hydrogen) atoms. The summed E-state index contributed by atoms with van der Waals surface area (Å²) >= 11 is 12.0. The fraction of sp³-hybridized carbons (Fsp3) is 0.308. The third kappa shape index (κ3) is 4.80.